The molecule has 0 aromatic heterocycles. The van der Waals surface area contributed by atoms with Crippen LogP contribution in [-0.4, -0.2) is 488 Å². The minimum absolute atomic E-state index is 0.0288. The molecule has 0 saturated carbocycles. The zero-order chi connectivity index (χ0) is 77.1. The molecule has 101 heavy (non-hydrogen) atoms. The molecular weight excluding hydrogens is 1480 g/mol. The monoisotopic (exact) mass is 1590 g/mol. The fraction of sp³-hybridized carbons (Fsp3) is 0.879. The summed E-state index contributed by atoms with van der Waals surface area (Å²) in [6, 6.07) is -1.44. The Morgan fingerprint density at radius 1 is 0.386 bits per heavy atom. The maximum Gasteiger partial charge on any atom is 0.410 e. The number of hydrogen-bond donors (Lipinski definition) is 22. The zero-order valence-corrected chi connectivity index (χ0v) is 59.7. The van der Waals surface area contributed by atoms with Gasteiger partial charge in [0.1, 0.15) is 98.1 Å². The van der Waals surface area contributed by atoms with Crippen LogP contribution in [0.15, 0.2) is 0 Å². The molecular formula is C58H112IN9O33. The number of halogens is 1. The minimum Gasteiger partial charge on any atom is -0.447 e. The number of likely N-dealkylation sites (N-methyl/N-ethyl adjacent to an activating group) is 5. The van der Waals surface area contributed by atoms with Gasteiger partial charge >= 0.3 is 6.09 Å². The van der Waals surface area contributed by atoms with Gasteiger partial charge in [0.25, 0.3) is 0 Å². The number of amides is 7. The highest BCUT2D eigenvalue weighted by atomic mass is 127. The summed E-state index contributed by atoms with van der Waals surface area (Å²) in [6.07, 6.45) is -34.3. The molecule has 22 N–H and O–H groups in total. The predicted molar refractivity (Wildman–Crippen MR) is 354 cm³/mol. The number of aliphatic hydroxyl groups is 20. The summed E-state index contributed by atoms with van der Waals surface area (Å²) in [5, 5.41) is 203. The van der Waals surface area contributed by atoms with Crippen LogP contribution < -0.4 is 8.85 Å². The highest BCUT2D eigenvalue weighted by molar-refractivity contribution is 14.1. The van der Waals surface area contributed by atoms with Crippen molar-refractivity contribution in [2.45, 2.75) is 123 Å². The molecule has 0 aromatic carbocycles. The van der Waals surface area contributed by atoms with E-state index >= 15 is 0 Å². The summed E-state index contributed by atoms with van der Waals surface area (Å²) >= 11 is 2.00. The number of nitrogens with one attached hydrogen (secondary N) is 2. The summed E-state index contributed by atoms with van der Waals surface area (Å²) in [4.78, 5) is 101. The standard InChI is InChI=1S/C58H112IN9O33/c1-62(27-44(81)60-9-13-97-16-20-100-21-22-101-58(95)68(25-38(75)51(88)55(92)42(79)33-71)26-39(76)52(89)56(93)43(80)34-72)46(83)28-64(3)47(84)29-65(4)57(94)35(66(5)48(85)30-63(2)45(82)8-12-96-15-18-99-19-17-98-14-10-61-59)7-6-11-67(23-36(73)49(86)53(90)40(77)31-69)24-37(74)50(87)54(91)41(78)32-70/h35-43,49-56,61,69-80,86-93H,6-34H2,1-5H3,(H,60,81)/t35?,36-,37-,38-,39-,40+,41+,42+,43+,49+,50+,51+,52+,53+,54+,55+,56+/m0/s1. The molecule has 0 rings (SSSR count). The molecule has 0 spiro atoms. The Morgan fingerprint density at radius 2 is 0.723 bits per heavy atom. The van der Waals surface area contributed by atoms with Gasteiger partial charge in [-0.05, 0) is 19.4 Å². The number of ether oxygens (including phenoxy) is 6. The Bertz CT molecular complexity index is 2240. The number of aliphatic hydroxyl groups excluding tert-OH is 20. The molecule has 0 aliphatic rings. The fourth-order valence-corrected chi connectivity index (χ4v) is 9.23. The summed E-state index contributed by atoms with van der Waals surface area (Å²) in [5.74, 6) is -4.26. The van der Waals surface area contributed by atoms with Crippen LogP contribution >= 0.6 is 22.9 Å². The van der Waals surface area contributed by atoms with E-state index < -0.39 is 231 Å². The van der Waals surface area contributed by atoms with Gasteiger partial charge in [-0.25, -0.2) is 4.79 Å². The summed E-state index contributed by atoms with van der Waals surface area (Å²) in [6.45, 7) is -8.54. The molecule has 594 valence electrons. The van der Waals surface area contributed by atoms with E-state index in [1.165, 1.54) is 40.1 Å². The Hall–Kier alpha value is -4.26. The summed E-state index contributed by atoms with van der Waals surface area (Å²) in [5.41, 5.74) is 0. The lowest BCUT2D eigenvalue weighted by Gasteiger charge is -2.35. The zero-order valence-electron chi connectivity index (χ0n) is 57.6. The van der Waals surface area contributed by atoms with Crippen molar-refractivity contribution in [1.29, 1.82) is 0 Å². The minimum atomic E-state index is -2.16. The van der Waals surface area contributed by atoms with Gasteiger partial charge in [0, 0.05) is 84.3 Å². The third-order valence-corrected chi connectivity index (χ3v) is 16.0. The van der Waals surface area contributed by atoms with Crippen LogP contribution in [0.25, 0.3) is 0 Å². The van der Waals surface area contributed by atoms with E-state index in [4.69, 9.17) is 38.6 Å². The van der Waals surface area contributed by atoms with Gasteiger partial charge in [-0.1, -0.05) is 0 Å². The predicted octanol–water partition coefficient (Wildman–Crippen LogP) is -14.6. The molecule has 0 aliphatic heterocycles. The Kier molecular flexibility index (Phi) is 52.1. The quantitative estimate of drug-likeness (QED) is 0.0153. The first-order valence-electron chi connectivity index (χ1n) is 32.3. The van der Waals surface area contributed by atoms with E-state index in [0.717, 1.165) is 24.5 Å². The molecule has 42 nitrogen and oxygen atoms in total. The highest BCUT2D eigenvalue weighted by Crippen LogP contribution is 2.17. The molecule has 17 atom stereocenters. The molecule has 1 unspecified atom stereocenters. The van der Waals surface area contributed by atoms with Crippen molar-refractivity contribution in [1.82, 2.24) is 43.1 Å². The lowest BCUT2D eigenvalue weighted by Crippen LogP contribution is -2.54. The van der Waals surface area contributed by atoms with Gasteiger partial charge in [-0.3, -0.25) is 37.2 Å². The third kappa shape index (κ3) is 38.5. The molecule has 43 heteroatoms. The second kappa shape index (κ2) is 54.4. The van der Waals surface area contributed by atoms with Gasteiger partial charge in [0.05, 0.1) is 150 Å². The molecule has 0 aliphatic carbocycles. The SMILES string of the molecule is CN(CC(=O)NCCOCCOCCOC(=O)N(C[C@H](O)[C@@H](O)[C@H](O)[C@H](O)CO)C[C@H](O)[C@@H](O)[C@H](O)[C@H](O)CO)C(=O)CN(C)C(=O)CN(C)C(=O)C(CCCN(C[C@H](O)[C@@H](O)[C@H](O)[C@H](O)CO)C[C@H](O)[C@@H](O)[C@H](O)[C@H](O)CO)N(C)C(=O)CN(C)C(=O)CCOCCOCCOCCNI. The molecule has 0 bridgehead atoms. The highest BCUT2D eigenvalue weighted by Gasteiger charge is 2.39. The molecule has 7 amide bonds. The van der Waals surface area contributed by atoms with Gasteiger partial charge < -0.3 is 165 Å². The largest absolute Gasteiger partial charge is 0.447 e. The van der Waals surface area contributed by atoms with E-state index in [1.807, 2.05) is 22.9 Å². The van der Waals surface area contributed by atoms with E-state index in [1.54, 1.807) is 0 Å². The average molecular weight is 1590 g/mol. The number of carbonyl (C=O) groups excluding carboxylic acids is 7. The Balaban J connectivity index is 5.87. The van der Waals surface area contributed by atoms with Crippen molar-refractivity contribution in [3.8, 4) is 0 Å². The smallest absolute Gasteiger partial charge is 0.410 e. The number of rotatable bonds is 59. The Morgan fingerprint density at radius 3 is 1.14 bits per heavy atom. The second-order valence-electron chi connectivity index (χ2n) is 23.6. The maximum absolute atomic E-state index is 14.4. The molecule has 0 saturated heterocycles. The van der Waals surface area contributed by atoms with Crippen LogP contribution in [0.1, 0.15) is 19.3 Å². The van der Waals surface area contributed by atoms with E-state index in [0.29, 0.717) is 31.3 Å². The van der Waals surface area contributed by atoms with Crippen LogP contribution in [0.5, 0.6) is 0 Å². The topological polar surface area (TPSA) is 626 Å². The van der Waals surface area contributed by atoms with E-state index in [-0.39, 0.29) is 78.6 Å². The van der Waals surface area contributed by atoms with Gasteiger partial charge in [0.15, 0.2) is 0 Å². The average Bonchev–Trinajstić information content (AvgIpc) is 0.861. The van der Waals surface area contributed by atoms with Crippen molar-refractivity contribution in [3.05, 3.63) is 0 Å². The lowest BCUT2D eigenvalue weighted by molar-refractivity contribution is -0.148. The van der Waals surface area contributed by atoms with Crippen LogP contribution in [-0.2, 0) is 57.2 Å². The number of hydrogen-bond acceptors (Lipinski definition) is 35. The third-order valence-electron chi connectivity index (χ3n) is 15.5. The summed E-state index contributed by atoms with van der Waals surface area (Å²) < 4.78 is 35.0. The number of nitrogens with zero attached hydrogens (tertiary/aromatic N) is 7. The fourth-order valence-electron chi connectivity index (χ4n) is 9.01. The second-order valence-corrected chi connectivity index (χ2v) is 24.4. The molecule has 0 heterocycles. The van der Waals surface area contributed by atoms with Crippen LogP contribution in [0.4, 0.5) is 4.79 Å². The first-order valence-corrected chi connectivity index (χ1v) is 33.3. The van der Waals surface area contributed by atoms with Crippen LogP contribution in [0.2, 0.25) is 0 Å². The van der Waals surface area contributed by atoms with Crippen LogP contribution in [0.3, 0.4) is 0 Å². The first kappa shape index (κ1) is 96.7. The van der Waals surface area contributed by atoms with Gasteiger partial charge in [-0.2, -0.15) is 0 Å². The van der Waals surface area contributed by atoms with E-state index in [2.05, 4.69) is 8.85 Å². The number of carbonyl (C=O) groups is 7. The summed E-state index contributed by atoms with van der Waals surface area (Å²) in [7, 11) is 6.32. The Labute approximate surface area is 598 Å². The van der Waals surface area contributed by atoms with Crippen molar-refractivity contribution < 1.29 is 164 Å². The van der Waals surface area contributed by atoms with Crippen LogP contribution in [0, 0.1) is 0 Å². The van der Waals surface area contributed by atoms with Crippen molar-refractivity contribution in [2.24, 2.45) is 0 Å². The first-order chi connectivity index (χ1) is 47.6. The normalized spacial score (nSPS) is 16.9. The van der Waals surface area contributed by atoms with Crippen molar-refractivity contribution in [2.75, 3.05) is 206 Å². The van der Waals surface area contributed by atoms with E-state index in [9.17, 15) is 125 Å². The molecule has 0 radical (unpaired) electrons. The van der Waals surface area contributed by atoms with Crippen molar-refractivity contribution >= 4 is 64.4 Å². The van der Waals surface area contributed by atoms with Gasteiger partial charge in [-0.15, -0.1) is 0 Å². The van der Waals surface area contributed by atoms with Crippen molar-refractivity contribution in [3.63, 3.8) is 0 Å². The molecule has 0 aromatic rings. The maximum atomic E-state index is 14.4. The lowest BCUT2D eigenvalue weighted by atomic mass is 10.0. The van der Waals surface area contributed by atoms with Gasteiger partial charge in [0.2, 0.25) is 35.4 Å². The molecule has 0 fully saturated rings.